The second-order valence-electron chi connectivity index (χ2n) is 1.92. The molecule has 2 rings (SSSR count). The highest BCUT2D eigenvalue weighted by molar-refractivity contribution is 9.10. The summed E-state index contributed by atoms with van der Waals surface area (Å²) in [6.07, 6.45) is 3.17. The summed E-state index contributed by atoms with van der Waals surface area (Å²) in [4.78, 5) is 0. The van der Waals surface area contributed by atoms with E-state index < -0.39 is 0 Å². The fourth-order valence-electron chi connectivity index (χ4n) is 0.776. The van der Waals surface area contributed by atoms with E-state index in [1.807, 2.05) is 12.1 Å². The van der Waals surface area contributed by atoms with Gasteiger partial charge in [0.2, 0.25) is 10.6 Å². The Kier molecular flexibility index (Phi) is 1.50. The highest BCUT2D eigenvalue weighted by Crippen LogP contribution is 2.13. The Hall–Kier alpha value is -1.10. The molecule has 2 heterocycles. The Labute approximate surface area is 71.0 Å². The molecule has 0 saturated carbocycles. The van der Waals surface area contributed by atoms with Crippen molar-refractivity contribution < 1.29 is 4.42 Å². The molecule has 11 heavy (non-hydrogen) atoms. The molecule has 0 saturated heterocycles. The summed E-state index contributed by atoms with van der Waals surface area (Å²) in [5.74, 6) is 0.696. The molecule has 0 aliphatic carbocycles. The van der Waals surface area contributed by atoms with Gasteiger partial charge in [-0.1, -0.05) is 0 Å². The maximum atomic E-state index is 5.11. The van der Waals surface area contributed by atoms with Crippen LogP contribution in [0.2, 0.25) is 0 Å². The fourth-order valence-corrected chi connectivity index (χ4v) is 1.13. The van der Waals surface area contributed by atoms with E-state index in [-0.39, 0.29) is 0 Å². The van der Waals surface area contributed by atoms with Crippen molar-refractivity contribution in [2.24, 2.45) is 0 Å². The summed E-state index contributed by atoms with van der Waals surface area (Å²) in [7, 11) is 0. The number of hydrogen-bond acceptors (Lipinski definition) is 3. The molecule has 4 nitrogen and oxygen atoms in total. The van der Waals surface area contributed by atoms with Gasteiger partial charge in [-0.05, 0) is 22.0 Å². The van der Waals surface area contributed by atoms with Crippen molar-refractivity contribution in [3.05, 3.63) is 29.5 Å². The first-order valence-electron chi connectivity index (χ1n) is 2.97. The van der Waals surface area contributed by atoms with E-state index in [9.17, 15) is 0 Å². The normalized spacial score (nSPS) is 10.3. The third-order valence-electron chi connectivity index (χ3n) is 1.25. The minimum absolute atomic E-state index is 0.632. The van der Waals surface area contributed by atoms with Crippen LogP contribution < -0.4 is 0 Å². The maximum absolute atomic E-state index is 5.11. The first kappa shape index (κ1) is 6.60. The first-order chi connectivity index (χ1) is 5.38. The van der Waals surface area contributed by atoms with Gasteiger partial charge in [-0.3, -0.25) is 0 Å². The van der Waals surface area contributed by atoms with Gasteiger partial charge in [0.15, 0.2) is 0 Å². The lowest BCUT2D eigenvalue weighted by Gasteiger charge is -1.93. The van der Waals surface area contributed by atoms with Crippen LogP contribution in [-0.2, 0) is 0 Å². The average Bonchev–Trinajstić information content (AvgIpc) is 2.55. The maximum Gasteiger partial charge on any atom is 0.206 e. The van der Waals surface area contributed by atoms with E-state index in [1.54, 1.807) is 17.2 Å². The molecule has 0 amide bonds. The van der Waals surface area contributed by atoms with Crippen LogP contribution in [0.1, 0.15) is 0 Å². The van der Waals surface area contributed by atoms with E-state index in [0.717, 1.165) is 0 Å². The molecule has 0 fully saturated rings. The summed E-state index contributed by atoms with van der Waals surface area (Å²) in [5, 5.41) is 7.43. The summed E-state index contributed by atoms with van der Waals surface area (Å²) < 4.78 is 7.44. The van der Waals surface area contributed by atoms with Crippen LogP contribution in [0, 0.1) is 0 Å². The van der Waals surface area contributed by atoms with Crippen molar-refractivity contribution in [1.29, 1.82) is 0 Å². The Balaban J connectivity index is 2.53. The molecule has 5 heteroatoms. The molecule has 0 N–H and O–H groups in total. The molecular formula is C6H4BrN3O. The highest BCUT2D eigenvalue weighted by atomic mass is 79.9. The lowest BCUT2D eigenvalue weighted by Crippen LogP contribution is -1.88. The van der Waals surface area contributed by atoms with Gasteiger partial charge in [0.1, 0.15) is 6.33 Å². The van der Waals surface area contributed by atoms with Gasteiger partial charge < -0.3 is 4.42 Å². The van der Waals surface area contributed by atoms with Gasteiger partial charge in [-0.15, -0.1) is 10.2 Å². The SMILES string of the molecule is Brc1nncn1-c1ccco1. The quantitative estimate of drug-likeness (QED) is 0.724. The molecule has 0 unspecified atom stereocenters. The second-order valence-corrected chi connectivity index (χ2v) is 2.63. The minimum atomic E-state index is 0.632. The van der Waals surface area contributed by atoms with Crippen LogP contribution >= 0.6 is 15.9 Å². The van der Waals surface area contributed by atoms with Crippen molar-refractivity contribution in [1.82, 2.24) is 14.8 Å². The molecule has 0 aliphatic rings. The molecule has 0 aromatic carbocycles. The average molecular weight is 214 g/mol. The summed E-state index contributed by atoms with van der Waals surface area (Å²) >= 11 is 3.22. The van der Waals surface area contributed by atoms with E-state index in [4.69, 9.17) is 4.42 Å². The van der Waals surface area contributed by atoms with Crippen molar-refractivity contribution >= 4 is 15.9 Å². The fraction of sp³-hybridized carbons (Fsp3) is 0. The van der Waals surface area contributed by atoms with E-state index in [1.165, 1.54) is 0 Å². The zero-order chi connectivity index (χ0) is 7.68. The molecule has 0 atom stereocenters. The molecule has 0 radical (unpaired) electrons. The topological polar surface area (TPSA) is 43.9 Å². The van der Waals surface area contributed by atoms with Crippen molar-refractivity contribution in [3.8, 4) is 5.88 Å². The molecule has 0 bridgehead atoms. The van der Waals surface area contributed by atoms with Crippen LogP contribution in [-0.4, -0.2) is 14.8 Å². The lowest BCUT2D eigenvalue weighted by molar-refractivity contribution is 0.535. The van der Waals surface area contributed by atoms with Crippen LogP contribution in [0.5, 0.6) is 0 Å². The van der Waals surface area contributed by atoms with Crippen molar-refractivity contribution in [3.63, 3.8) is 0 Å². The standard InChI is InChI=1S/C6H4BrN3O/c7-6-9-8-4-10(6)5-2-1-3-11-5/h1-4H. The van der Waals surface area contributed by atoms with Crippen molar-refractivity contribution in [2.75, 3.05) is 0 Å². The van der Waals surface area contributed by atoms with E-state index >= 15 is 0 Å². The smallest absolute Gasteiger partial charge is 0.206 e. The van der Waals surface area contributed by atoms with Crippen LogP contribution in [0.15, 0.2) is 33.9 Å². The minimum Gasteiger partial charge on any atom is -0.448 e. The van der Waals surface area contributed by atoms with Crippen molar-refractivity contribution in [2.45, 2.75) is 0 Å². The molecule has 56 valence electrons. The Bertz CT molecular complexity index is 340. The molecule has 0 spiro atoms. The third kappa shape index (κ3) is 1.07. The monoisotopic (exact) mass is 213 g/mol. The molecular weight excluding hydrogens is 210 g/mol. The molecule has 0 aliphatic heterocycles. The second kappa shape index (κ2) is 2.50. The largest absolute Gasteiger partial charge is 0.448 e. The zero-order valence-electron chi connectivity index (χ0n) is 5.44. The summed E-state index contributed by atoms with van der Waals surface area (Å²) in [6, 6.07) is 3.63. The van der Waals surface area contributed by atoms with Gasteiger partial charge in [-0.2, -0.15) is 0 Å². The van der Waals surface area contributed by atoms with Crippen LogP contribution in [0.25, 0.3) is 5.88 Å². The number of nitrogens with zero attached hydrogens (tertiary/aromatic N) is 3. The predicted molar refractivity (Wildman–Crippen MR) is 41.3 cm³/mol. The van der Waals surface area contributed by atoms with E-state index in [2.05, 4.69) is 26.1 Å². The number of halogens is 1. The summed E-state index contributed by atoms with van der Waals surface area (Å²) in [6.45, 7) is 0. The predicted octanol–water partition coefficient (Wildman–Crippen LogP) is 1.62. The Morgan fingerprint density at radius 1 is 1.55 bits per heavy atom. The van der Waals surface area contributed by atoms with Gasteiger partial charge in [0, 0.05) is 6.07 Å². The molecule has 2 aromatic heterocycles. The third-order valence-corrected chi connectivity index (χ3v) is 1.79. The number of rotatable bonds is 1. The first-order valence-corrected chi connectivity index (χ1v) is 3.76. The number of furan rings is 1. The van der Waals surface area contributed by atoms with Gasteiger partial charge in [0.25, 0.3) is 0 Å². The van der Waals surface area contributed by atoms with Crippen LogP contribution in [0.3, 0.4) is 0 Å². The van der Waals surface area contributed by atoms with E-state index in [0.29, 0.717) is 10.6 Å². The Morgan fingerprint density at radius 2 is 2.45 bits per heavy atom. The number of hydrogen-bond donors (Lipinski definition) is 0. The number of aromatic nitrogens is 3. The van der Waals surface area contributed by atoms with Gasteiger partial charge in [0.05, 0.1) is 6.26 Å². The van der Waals surface area contributed by atoms with Crippen LogP contribution in [0.4, 0.5) is 0 Å². The van der Waals surface area contributed by atoms with Gasteiger partial charge >= 0.3 is 0 Å². The Morgan fingerprint density at radius 3 is 3.00 bits per heavy atom. The van der Waals surface area contributed by atoms with Gasteiger partial charge in [-0.25, -0.2) is 4.57 Å². The summed E-state index contributed by atoms with van der Waals surface area (Å²) in [5.41, 5.74) is 0. The highest BCUT2D eigenvalue weighted by Gasteiger charge is 2.03. The molecule has 2 aromatic rings. The zero-order valence-corrected chi connectivity index (χ0v) is 7.02. The lowest BCUT2D eigenvalue weighted by atomic mass is 10.6.